The Kier molecular flexibility index (Phi) is 7.91. The van der Waals surface area contributed by atoms with Gasteiger partial charge in [-0.25, -0.2) is 13.8 Å². The predicted molar refractivity (Wildman–Crippen MR) is 116 cm³/mol. The van der Waals surface area contributed by atoms with Crippen LogP contribution in [-0.2, 0) is 14.8 Å². The SMILES string of the molecule is COc1ccc(N(CC(=O)N/N=C\c2ccc(SC)cc2)S(C)(=O)=O)c(OC)c1. The Balaban J connectivity index is 2.14. The van der Waals surface area contributed by atoms with Gasteiger partial charge in [0, 0.05) is 11.0 Å². The number of sulfonamides is 1. The lowest BCUT2D eigenvalue weighted by molar-refractivity contribution is -0.119. The molecule has 0 aliphatic heterocycles. The fourth-order valence-electron chi connectivity index (χ4n) is 2.41. The Morgan fingerprint density at radius 2 is 1.86 bits per heavy atom. The maximum absolute atomic E-state index is 12.3. The smallest absolute Gasteiger partial charge is 0.260 e. The summed E-state index contributed by atoms with van der Waals surface area (Å²) in [6, 6.07) is 12.3. The number of benzene rings is 2. The van der Waals surface area contributed by atoms with Crippen LogP contribution in [0, 0.1) is 0 Å². The van der Waals surface area contributed by atoms with Crippen LogP contribution in [0.3, 0.4) is 0 Å². The summed E-state index contributed by atoms with van der Waals surface area (Å²) in [5.41, 5.74) is 3.38. The van der Waals surface area contributed by atoms with E-state index in [-0.39, 0.29) is 11.4 Å². The number of rotatable bonds is 9. The number of hydrogen-bond donors (Lipinski definition) is 1. The number of hydrogen-bond acceptors (Lipinski definition) is 7. The topological polar surface area (TPSA) is 97.3 Å². The first-order valence-corrected chi connectivity index (χ1v) is 11.5. The van der Waals surface area contributed by atoms with Crippen molar-refractivity contribution in [3.63, 3.8) is 0 Å². The van der Waals surface area contributed by atoms with Gasteiger partial charge in [0.15, 0.2) is 0 Å². The molecular weight excluding hydrogens is 414 g/mol. The molecule has 0 aliphatic carbocycles. The maximum atomic E-state index is 12.3. The third kappa shape index (κ3) is 6.40. The first-order chi connectivity index (χ1) is 13.8. The van der Waals surface area contributed by atoms with Gasteiger partial charge in [-0.3, -0.25) is 9.10 Å². The summed E-state index contributed by atoms with van der Waals surface area (Å²) in [6.45, 7) is -0.454. The van der Waals surface area contributed by atoms with E-state index < -0.39 is 22.5 Å². The number of thioether (sulfide) groups is 1. The van der Waals surface area contributed by atoms with Crippen molar-refractivity contribution in [2.45, 2.75) is 4.90 Å². The molecule has 0 aromatic heterocycles. The molecular formula is C19H23N3O5S2. The van der Waals surface area contributed by atoms with E-state index in [0.717, 1.165) is 21.0 Å². The first kappa shape index (κ1) is 22.6. The molecule has 0 unspecified atom stereocenters. The highest BCUT2D eigenvalue weighted by Crippen LogP contribution is 2.33. The molecule has 0 spiro atoms. The van der Waals surface area contributed by atoms with E-state index in [1.165, 1.54) is 26.5 Å². The van der Waals surface area contributed by atoms with Crippen molar-refractivity contribution in [2.75, 3.05) is 37.6 Å². The first-order valence-electron chi connectivity index (χ1n) is 8.44. The summed E-state index contributed by atoms with van der Waals surface area (Å²) >= 11 is 1.62. The lowest BCUT2D eigenvalue weighted by Gasteiger charge is -2.23. The summed E-state index contributed by atoms with van der Waals surface area (Å²) in [6.07, 6.45) is 4.48. The normalized spacial score (nSPS) is 11.3. The van der Waals surface area contributed by atoms with E-state index in [0.29, 0.717) is 5.75 Å². The molecule has 0 fully saturated rings. The molecule has 156 valence electrons. The monoisotopic (exact) mass is 437 g/mol. The molecule has 2 rings (SSSR count). The number of nitrogens with one attached hydrogen (secondary N) is 1. The van der Waals surface area contributed by atoms with Gasteiger partial charge in [0.2, 0.25) is 10.0 Å². The van der Waals surface area contributed by atoms with E-state index in [9.17, 15) is 13.2 Å². The molecule has 0 radical (unpaired) electrons. The van der Waals surface area contributed by atoms with Crippen molar-refractivity contribution in [3.8, 4) is 11.5 Å². The van der Waals surface area contributed by atoms with E-state index in [2.05, 4.69) is 10.5 Å². The molecule has 1 amide bonds. The van der Waals surface area contributed by atoms with E-state index >= 15 is 0 Å². The lowest BCUT2D eigenvalue weighted by Crippen LogP contribution is -2.39. The van der Waals surface area contributed by atoms with Gasteiger partial charge >= 0.3 is 0 Å². The molecule has 1 N–H and O–H groups in total. The second-order valence-electron chi connectivity index (χ2n) is 5.87. The fraction of sp³-hybridized carbons (Fsp3) is 0.263. The van der Waals surface area contributed by atoms with Crippen LogP contribution < -0.4 is 19.2 Å². The quantitative estimate of drug-likeness (QED) is 0.367. The largest absolute Gasteiger partial charge is 0.497 e. The van der Waals surface area contributed by atoms with Crippen LogP contribution in [0.15, 0.2) is 52.5 Å². The fourth-order valence-corrected chi connectivity index (χ4v) is 3.67. The molecule has 0 heterocycles. The number of hydrazone groups is 1. The van der Waals surface area contributed by atoms with Crippen LogP contribution >= 0.6 is 11.8 Å². The van der Waals surface area contributed by atoms with Gasteiger partial charge in [-0.15, -0.1) is 11.8 Å². The summed E-state index contributed by atoms with van der Waals surface area (Å²) < 4.78 is 35.9. The molecule has 29 heavy (non-hydrogen) atoms. The summed E-state index contributed by atoms with van der Waals surface area (Å²) in [4.78, 5) is 13.4. The summed E-state index contributed by atoms with van der Waals surface area (Å²) in [7, 11) is -0.856. The zero-order valence-corrected chi connectivity index (χ0v) is 18.2. The number of carbonyl (C=O) groups excluding carboxylic acids is 1. The van der Waals surface area contributed by atoms with Crippen molar-refractivity contribution in [1.82, 2.24) is 5.43 Å². The maximum Gasteiger partial charge on any atom is 0.260 e. The van der Waals surface area contributed by atoms with E-state index in [1.54, 1.807) is 23.9 Å². The van der Waals surface area contributed by atoms with Gasteiger partial charge in [-0.05, 0) is 36.1 Å². The summed E-state index contributed by atoms with van der Waals surface area (Å²) in [5, 5.41) is 3.89. The van der Waals surface area contributed by atoms with Crippen molar-refractivity contribution in [3.05, 3.63) is 48.0 Å². The number of anilines is 1. The standard InChI is InChI=1S/C19H23N3O5S2/c1-26-15-7-10-17(18(11-15)27-2)22(29(4,24)25)13-19(23)21-20-12-14-5-8-16(28-3)9-6-14/h5-12H,13H2,1-4H3,(H,21,23)/b20-12-. The zero-order valence-electron chi connectivity index (χ0n) is 16.6. The van der Waals surface area contributed by atoms with Crippen LogP contribution in [0.25, 0.3) is 0 Å². The zero-order chi connectivity index (χ0) is 21.4. The number of carbonyl (C=O) groups is 1. The Hall–Kier alpha value is -2.72. The van der Waals surface area contributed by atoms with Crippen molar-refractivity contribution < 1.29 is 22.7 Å². The van der Waals surface area contributed by atoms with Gasteiger partial charge in [0.25, 0.3) is 5.91 Å². The Bertz CT molecular complexity index is 976. The molecule has 10 heteroatoms. The van der Waals surface area contributed by atoms with Crippen LogP contribution in [0.2, 0.25) is 0 Å². The molecule has 0 saturated carbocycles. The van der Waals surface area contributed by atoms with Crippen molar-refractivity contribution in [1.29, 1.82) is 0 Å². The Morgan fingerprint density at radius 1 is 1.17 bits per heavy atom. The predicted octanol–water partition coefficient (Wildman–Crippen LogP) is 2.34. The number of amides is 1. The summed E-state index contributed by atoms with van der Waals surface area (Å²) in [5.74, 6) is 0.172. The van der Waals surface area contributed by atoms with Crippen LogP contribution in [-0.4, -0.2) is 53.8 Å². The highest BCUT2D eigenvalue weighted by atomic mass is 32.2. The second-order valence-corrected chi connectivity index (χ2v) is 8.66. The Labute approximate surface area is 174 Å². The number of nitrogens with zero attached hydrogens (tertiary/aromatic N) is 2. The minimum atomic E-state index is -3.75. The third-order valence-electron chi connectivity index (χ3n) is 3.86. The van der Waals surface area contributed by atoms with Crippen LogP contribution in [0.1, 0.15) is 5.56 Å². The van der Waals surface area contributed by atoms with Crippen LogP contribution in [0.5, 0.6) is 11.5 Å². The second kappa shape index (κ2) is 10.2. The van der Waals surface area contributed by atoms with Crippen LogP contribution in [0.4, 0.5) is 5.69 Å². The average molecular weight is 438 g/mol. The highest BCUT2D eigenvalue weighted by Gasteiger charge is 2.24. The van der Waals surface area contributed by atoms with Gasteiger partial charge in [-0.1, -0.05) is 12.1 Å². The highest BCUT2D eigenvalue weighted by molar-refractivity contribution is 7.98. The van der Waals surface area contributed by atoms with Crippen molar-refractivity contribution in [2.24, 2.45) is 5.10 Å². The van der Waals surface area contributed by atoms with E-state index in [4.69, 9.17) is 9.47 Å². The average Bonchev–Trinajstić information content (AvgIpc) is 2.71. The van der Waals surface area contributed by atoms with E-state index in [1.807, 2.05) is 30.5 Å². The number of ether oxygens (including phenoxy) is 2. The molecule has 0 saturated heterocycles. The van der Waals surface area contributed by atoms with Gasteiger partial charge < -0.3 is 9.47 Å². The third-order valence-corrected chi connectivity index (χ3v) is 5.73. The van der Waals surface area contributed by atoms with Gasteiger partial charge in [0.1, 0.15) is 18.0 Å². The molecule has 8 nitrogen and oxygen atoms in total. The molecule has 2 aromatic rings. The molecule has 2 aromatic carbocycles. The molecule has 0 aliphatic rings. The molecule has 0 bridgehead atoms. The van der Waals surface area contributed by atoms with Crippen molar-refractivity contribution >= 4 is 39.6 Å². The minimum absolute atomic E-state index is 0.225. The number of methoxy groups -OCH3 is 2. The molecule has 0 atom stereocenters. The lowest BCUT2D eigenvalue weighted by atomic mass is 10.2. The Morgan fingerprint density at radius 3 is 2.41 bits per heavy atom. The van der Waals surface area contributed by atoms with Gasteiger partial charge in [-0.2, -0.15) is 5.10 Å². The minimum Gasteiger partial charge on any atom is -0.497 e. The van der Waals surface area contributed by atoms with Gasteiger partial charge in [0.05, 0.1) is 32.4 Å².